The molecule has 2 aromatic rings. The number of amides is 2. The maximum atomic E-state index is 12.5. The van der Waals surface area contributed by atoms with E-state index in [9.17, 15) is 9.59 Å². The molecule has 2 aromatic heterocycles. The highest BCUT2D eigenvalue weighted by Gasteiger charge is 2.26. The first-order chi connectivity index (χ1) is 10.7. The van der Waals surface area contributed by atoms with Crippen LogP contribution in [0.2, 0.25) is 0 Å². The molecular formula is C15H15N3O2S2. The van der Waals surface area contributed by atoms with Gasteiger partial charge in [0.25, 0.3) is 11.8 Å². The largest absolute Gasteiger partial charge is 0.352 e. The zero-order chi connectivity index (χ0) is 15.5. The molecule has 7 heteroatoms. The van der Waals surface area contributed by atoms with Crippen LogP contribution in [-0.2, 0) is 0 Å². The Morgan fingerprint density at radius 1 is 1.05 bits per heavy atom. The third-order valence-corrected chi connectivity index (χ3v) is 4.83. The highest BCUT2D eigenvalue weighted by Crippen LogP contribution is 2.15. The zero-order valence-corrected chi connectivity index (χ0v) is 13.5. The molecule has 0 aromatic carbocycles. The number of nitrogens with one attached hydrogen (secondary N) is 1. The second-order valence-corrected chi connectivity index (χ2v) is 6.33. The molecule has 3 rings (SSSR count). The van der Waals surface area contributed by atoms with E-state index in [1.165, 1.54) is 11.3 Å². The summed E-state index contributed by atoms with van der Waals surface area (Å²) in [5.74, 6) is -0.0378. The lowest BCUT2D eigenvalue weighted by molar-refractivity contribution is 0.0537. The van der Waals surface area contributed by atoms with Crippen LogP contribution in [0.5, 0.6) is 0 Å². The highest BCUT2D eigenvalue weighted by atomic mass is 32.1. The van der Waals surface area contributed by atoms with Crippen molar-refractivity contribution in [2.75, 3.05) is 26.2 Å². The predicted octanol–water partition coefficient (Wildman–Crippen LogP) is 2.40. The fourth-order valence-corrected chi connectivity index (χ4v) is 3.34. The Labute approximate surface area is 137 Å². The van der Waals surface area contributed by atoms with E-state index in [0.29, 0.717) is 36.4 Å². The lowest BCUT2D eigenvalue weighted by Crippen LogP contribution is -2.50. The number of pyridine rings is 1. The molecular weight excluding hydrogens is 318 g/mol. The Morgan fingerprint density at radius 3 is 2.32 bits per heavy atom. The van der Waals surface area contributed by atoms with Gasteiger partial charge in [0.15, 0.2) is 0 Å². The number of carbonyl (C=O) groups excluding carboxylic acids is 2. The normalized spacial score (nSPS) is 14.9. The number of aromatic nitrogens is 1. The Balaban J connectivity index is 1.65. The number of thiophene rings is 1. The van der Waals surface area contributed by atoms with Gasteiger partial charge in [-0.3, -0.25) is 9.59 Å². The number of carbonyl (C=O) groups is 2. The smallest absolute Gasteiger partial charge is 0.264 e. The van der Waals surface area contributed by atoms with E-state index in [0.717, 1.165) is 4.88 Å². The fourth-order valence-electron chi connectivity index (χ4n) is 2.43. The SMILES string of the molecule is O=C(c1cccs1)N1CCN(C(=O)c2ccc[nH]c2=S)CC1. The average Bonchev–Trinajstić information content (AvgIpc) is 3.09. The molecule has 0 unspecified atom stereocenters. The van der Waals surface area contributed by atoms with E-state index in [1.807, 2.05) is 17.5 Å². The second-order valence-electron chi connectivity index (χ2n) is 4.97. The highest BCUT2D eigenvalue weighted by molar-refractivity contribution is 7.71. The summed E-state index contributed by atoms with van der Waals surface area (Å²) in [6, 6.07) is 7.19. The van der Waals surface area contributed by atoms with Crippen molar-refractivity contribution in [3.8, 4) is 0 Å². The van der Waals surface area contributed by atoms with Crippen LogP contribution in [0.25, 0.3) is 0 Å². The fraction of sp³-hybridized carbons (Fsp3) is 0.267. The predicted molar refractivity (Wildman–Crippen MR) is 87.8 cm³/mol. The number of nitrogens with zero attached hydrogens (tertiary/aromatic N) is 2. The maximum Gasteiger partial charge on any atom is 0.264 e. The van der Waals surface area contributed by atoms with Crippen LogP contribution in [0.4, 0.5) is 0 Å². The van der Waals surface area contributed by atoms with Crippen molar-refractivity contribution < 1.29 is 9.59 Å². The summed E-state index contributed by atoms with van der Waals surface area (Å²) < 4.78 is 0.449. The summed E-state index contributed by atoms with van der Waals surface area (Å²) in [5, 5.41) is 1.89. The number of hydrogen-bond acceptors (Lipinski definition) is 4. The van der Waals surface area contributed by atoms with Gasteiger partial charge in [-0.2, -0.15) is 0 Å². The molecule has 1 fully saturated rings. The van der Waals surface area contributed by atoms with Gasteiger partial charge in [-0.25, -0.2) is 0 Å². The summed E-state index contributed by atoms with van der Waals surface area (Å²) >= 11 is 6.59. The summed E-state index contributed by atoms with van der Waals surface area (Å²) in [6.45, 7) is 2.15. The van der Waals surface area contributed by atoms with Crippen molar-refractivity contribution in [3.63, 3.8) is 0 Å². The van der Waals surface area contributed by atoms with Gasteiger partial charge >= 0.3 is 0 Å². The van der Waals surface area contributed by atoms with Gasteiger partial charge in [0.2, 0.25) is 0 Å². The van der Waals surface area contributed by atoms with Crippen molar-refractivity contribution in [2.45, 2.75) is 0 Å². The van der Waals surface area contributed by atoms with Crippen molar-refractivity contribution in [1.82, 2.24) is 14.8 Å². The number of hydrogen-bond donors (Lipinski definition) is 1. The Bertz CT molecular complexity index is 731. The number of H-pyrrole nitrogens is 1. The van der Waals surface area contributed by atoms with E-state index in [-0.39, 0.29) is 11.8 Å². The first kappa shape index (κ1) is 14.9. The first-order valence-corrected chi connectivity index (χ1v) is 8.25. The molecule has 0 atom stereocenters. The molecule has 0 radical (unpaired) electrons. The third kappa shape index (κ3) is 2.95. The van der Waals surface area contributed by atoms with Crippen LogP contribution in [0.15, 0.2) is 35.8 Å². The first-order valence-electron chi connectivity index (χ1n) is 6.96. The molecule has 114 valence electrons. The molecule has 1 aliphatic heterocycles. The molecule has 2 amide bonds. The molecule has 22 heavy (non-hydrogen) atoms. The van der Waals surface area contributed by atoms with Crippen molar-refractivity contribution in [1.29, 1.82) is 0 Å². The van der Waals surface area contributed by atoms with Crippen LogP contribution in [0.1, 0.15) is 20.0 Å². The lowest BCUT2D eigenvalue weighted by atomic mass is 10.2. The number of rotatable bonds is 2. The molecule has 0 saturated carbocycles. The van der Waals surface area contributed by atoms with E-state index >= 15 is 0 Å². The minimum absolute atomic E-state index is 0.0408. The van der Waals surface area contributed by atoms with Gasteiger partial charge in [0, 0.05) is 32.4 Å². The van der Waals surface area contributed by atoms with Crippen LogP contribution in [0.3, 0.4) is 0 Å². The van der Waals surface area contributed by atoms with E-state index in [2.05, 4.69) is 4.98 Å². The minimum Gasteiger partial charge on any atom is -0.352 e. The maximum absolute atomic E-state index is 12.5. The molecule has 1 saturated heterocycles. The molecule has 1 aliphatic rings. The van der Waals surface area contributed by atoms with Crippen LogP contribution < -0.4 is 0 Å². The molecule has 5 nitrogen and oxygen atoms in total. The lowest BCUT2D eigenvalue weighted by Gasteiger charge is -2.34. The summed E-state index contributed by atoms with van der Waals surface area (Å²) in [7, 11) is 0. The molecule has 0 bridgehead atoms. The van der Waals surface area contributed by atoms with E-state index < -0.39 is 0 Å². The number of aromatic amines is 1. The van der Waals surface area contributed by atoms with Crippen molar-refractivity contribution >= 4 is 35.4 Å². The van der Waals surface area contributed by atoms with Gasteiger partial charge < -0.3 is 14.8 Å². The molecule has 0 aliphatic carbocycles. The molecule has 0 spiro atoms. The van der Waals surface area contributed by atoms with Gasteiger partial charge in [-0.1, -0.05) is 18.3 Å². The average molecular weight is 333 g/mol. The van der Waals surface area contributed by atoms with Gasteiger partial charge in [-0.15, -0.1) is 11.3 Å². The Morgan fingerprint density at radius 2 is 1.73 bits per heavy atom. The standard InChI is InChI=1S/C15H15N3O2S2/c19-14(11-3-1-5-16-13(11)21)17-6-8-18(9-7-17)15(20)12-4-2-10-22-12/h1-5,10H,6-9H2,(H,16,21). The van der Waals surface area contributed by atoms with Crippen molar-refractivity contribution in [3.05, 3.63) is 50.9 Å². The number of piperazine rings is 1. The summed E-state index contributed by atoms with van der Waals surface area (Å²) in [6.07, 6.45) is 1.71. The van der Waals surface area contributed by atoms with Gasteiger partial charge in [-0.05, 0) is 23.6 Å². The Hall–Kier alpha value is -1.99. The van der Waals surface area contributed by atoms with E-state index in [4.69, 9.17) is 12.2 Å². The van der Waals surface area contributed by atoms with Crippen LogP contribution in [0, 0.1) is 4.64 Å². The van der Waals surface area contributed by atoms with E-state index in [1.54, 1.807) is 28.1 Å². The topological polar surface area (TPSA) is 56.4 Å². The van der Waals surface area contributed by atoms with Crippen LogP contribution >= 0.6 is 23.6 Å². The monoisotopic (exact) mass is 333 g/mol. The van der Waals surface area contributed by atoms with Crippen molar-refractivity contribution in [2.24, 2.45) is 0 Å². The molecule has 1 N–H and O–H groups in total. The van der Waals surface area contributed by atoms with Gasteiger partial charge in [0.05, 0.1) is 10.4 Å². The third-order valence-electron chi connectivity index (χ3n) is 3.63. The second kappa shape index (κ2) is 6.41. The Kier molecular flexibility index (Phi) is 4.35. The zero-order valence-electron chi connectivity index (χ0n) is 11.8. The quantitative estimate of drug-likeness (QED) is 0.859. The van der Waals surface area contributed by atoms with Crippen LogP contribution in [-0.4, -0.2) is 52.8 Å². The minimum atomic E-state index is -0.0786. The molecule has 3 heterocycles. The summed E-state index contributed by atoms with van der Waals surface area (Å²) in [5.41, 5.74) is 0.510. The summed E-state index contributed by atoms with van der Waals surface area (Å²) in [4.78, 5) is 31.9. The van der Waals surface area contributed by atoms with Gasteiger partial charge in [0.1, 0.15) is 4.64 Å².